The highest BCUT2D eigenvalue weighted by molar-refractivity contribution is 7.14. The molecule has 0 bridgehead atoms. The van der Waals surface area contributed by atoms with E-state index in [1.807, 2.05) is 11.4 Å². The van der Waals surface area contributed by atoms with Gasteiger partial charge in [0.2, 0.25) is 5.91 Å². The van der Waals surface area contributed by atoms with Crippen molar-refractivity contribution >= 4 is 22.4 Å². The molecule has 1 amide bonds. The molecule has 3 aromatic rings. The number of amides is 1. The van der Waals surface area contributed by atoms with E-state index in [9.17, 15) is 9.18 Å². The number of aryl methyl sites for hydroxylation is 1. The van der Waals surface area contributed by atoms with E-state index in [1.165, 1.54) is 24.5 Å². The molecule has 0 unspecified atom stereocenters. The summed E-state index contributed by atoms with van der Waals surface area (Å²) in [6, 6.07) is 10.1. The van der Waals surface area contributed by atoms with Crippen molar-refractivity contribution in [3.63, 3.8) is 0 Å². The second-order valence-corrected chi connectivity index (χ2v) is 6.98. The summed E-state index contributed by atoms with van der Waals surface area (Å²) in [6.07, 6.45) is 0.623. The maximum absolute atomic E-state index is 13.7. The first kappa shape index (κ1) is 20.6. The molecule has 29 heavy (non-hydrogen) atoms. The number of benzene rings is 2. The Morgan fingerprint density at radius 2 is 1.83 bits per heavy atom. The summed E-state index contributed by atoms with van der Waals surface area (Å²) in [5, 5.41) is 5.10. The van der Waals surface area contributed by atoms with Gasteiger partial charge in [-0.2, -0.15) is 0 Å². The van der Waals surface area contributed by atoms with Gasteiger partial charge in [-0.15, -0.1) is 11.3 Å². The molecule has 0 saturated carbocycles. The Hall–Kier alpha value is -3.13. The van der Waals surface area contributed by atoms with E-state index >= 15 is 0 Å². The van der Waals surface area contributed by atoms with Crippen LogP contribution in [0.25, 0.3) is 11.3 Å². The molecule has 6 nitrogen and oxygen atoms in total. The van der Waals surface area contributed by atoms with Gasteiger partial charge in [0, 0.05) is 17.4 Å². The Balaban J connectivity index is 1.64. The molecule has 1 N–H and O–H groups in total. The topological polar surface area (TPSA) is 69.7 Å². The van der Waals surface area contributed by atoms with Crippen LogP contribution in [0.5, 0.6) is 17.2 Å². The molecule has 0 aliphatic rings. The van der Waals surface area contributed by atoms with Crippen molar-refractivity contribution in [1.82, 2.24) is 4.98 Å². The van der Waals surface area contributed by atoms with Crippen molar-refractivity contribution in [2.45, 2.75) is 12.8 Å². The molecule has 0 radical (unpaired) electrons. The Morgan fingerprint density at radius 3 is 2.52 bits per heavy atom. The Morgan fingerprint density at radius 1 is 1.07 bits per heavy atom. The first-order chi connectivity index (χ1) is 14.0. The zero-order chi connectivity index (χ0) is 20.8. The lowest BCUT2D eigenvalue weighted by Gasteiger charge is -2.08. The fraction of sp³-hybridized carbons (Fsp3) is 0.238. The second-order valence-electron chi connectivity index (χ2n) is 6.12. The first-order valence-corrected chi connectivity index (χ1v) is 9.72. The summed E-state index contributed by atoms with van der Waals surface area (Å²) in [4.78, 5) is 16.7. The van der Waals surface area contributed by atoms with Gasteiger partial charge in [0.05, 0.1) is 27.0 Å². The number of methoxy groups -OCH3 is 3. The molecular weight excluding hydrogens is 395 g/mol. The van der Waals surface area contributed by atoms with Crippen molar-refractivity contribution in [2.75, 3.05) is 26.6 Å². The van der Waals surface area contributed by atoms with Crippen LogP contribution in [0.4, 0.5) is 9.52 Å². The van der Waals surface area contributed by atoms with Gasteiger partial charge >= 0.3 is 0 Å². The Bertz CT molecular complexity index is 1010. The van der Waals surface area contributed by atoms with E-state index in [2.05, 4.69) is 10.3 Å². The summed E-state index contributed by atoms with van der Waals surface area (Å²) in [6.45, 7) is 0. The fourth-order valence-corrected chi connectivity index (χ4v) is 3.50. The van der Waals surface area contributed by atoms with Gasteiger partial charge in [-0.1, -0.05) is 6.07 Å². The summed E-state index contributed by atoms with van der Waals surface area (Å²) >= 11 is 1.32. The number of carbonyl (C=O) groups is 1. The van der Waals surface area contributed by atoms with Gasteiger partial charge < -0.3 is 19.5 Å². The summed E-state index contributed by atoms with van der Waals surface area (Å²) < 4.78 is 29.3. The third-order valence-corrected chi connectivity index (χ3v) is 5.05. The molecule has 0 fully saturated rings. The van der Waals surface area contributed by atoms with Crippen LogP contribution < -0.4 is 19.5 Å². The van der Waals surface area contributed by atoms with Crippen molar-refractivity contribution in [3.05, 3.63) is 53.2 Å². The molecule has 3 rings (SSSR count). The van der Waals surface area contributed by atoms with Gasteiger partial charge in [0.15, 0.2) is 16.7 Å². The van der Waals surface area contributed by atoms with Crippen LogP contribution in [-0.2, 0) is 11.2 Å². The molecule has 0 atom stereocenters. The quantitative estimate of drug-likeness (QED) is 0.584. The standard InChI is InChI=1S/C21H21FN2O4S/c1-26-14-6-8-18(27-2)15(11-14)17-12-29-21(23-17)24-20(25)9-5-13-4-7-19(28-3)16(22)10-13/h4,6-8,10-12H,5,9H2,1-3H3,(H,23,24,25). The average molecular weight is 416 g/mol. The lowest BCUT2D eigenvalue weighted by Crippen LogP contribution is -2.12. The summed E-state index contributed by atoms with van der Waals surface area (Å²) in [7, 11) is 4.59. The molecule has 8 heteroatoms. The molecule has 0 saturated heterocycles. The Kier molecular flexibility index (Phi) is 6.66. The minimum absolute atomic E-state index is 0.182. The number of carbonyl (C=O) groups excluding carboxylic acids is 1. The van der Waals surface area contributed by atoms with Crippen LogP contribution in [0.15, 0.2) is 41.8 Å². The molecule has 152 valence electrons. The lowest BCUT2D eigenvalue weighted by molar-refractivity contribution is -0.116. The average Bonchev–Trinajstić information content (AvgIpc) is 3.20. The third kappa shape index (κ3) is 5.03. The normalized spacial score (nSPS) is 10.5. The predicted octanol–water partition coefficient (Wildman–Crippen LogP) is 4.55. The molecule has 1 heterocycles. The monoisotopic (exact) mass is 416 g/mol. The van der Waals surface area contributed by atoms with Gasteiger partial charge in [-0.05, 0) is 42.3 Å². The molecule has 0 aliphatic heterocycles. The summed E-state index contributed by atoms with van der Waals surface area (Å²) in [5.41, 5.74) is 2.18. The van der Waals surface area contributed by atoms with Crippen LogP contribution >= 0.6 is 11.3 Å². The van der Waals surface area contributed by atoms with Crippen LogP contribution in [0.1, 0.15) is 12.0 Å². The van der Waals surface area contributed by atoms with Crippen molar-refractivity contribution in [3.8, 4) is 28.5 Å². The van der Waals surface area contributed by atoms with E-state index in [-0.39, 0.29) is 18.1 Å². The van der Waals surface area contributed by atoms with Crippen molar-refractivity contribution in [1.29, 1.82) is 0 Å². The SMILES string of the molecule is COc1ccc(OC)c(-c2csc(NC(=O)CCc3ccc(OC)c(F)c3)n2)c1. The molecular formula is C21H21FN2O4S. The Labute approximate surface area is 172 Å². The van der Waals surface area contributed by atoms with Crippen molar-refractivity contribution < 1.29 is 23.4 Å². The van der Waals surface area contributed by atoms with Crippen LogP contribution in [0.3, 0.4) is 0 Å². The molecule has 0 spiro atoms. The van der Waals surface area contributed by atoms with Crippen LogP contribution in [0, 0.1) is 5.82 Å². The summed E-state index contributed by atoms with van der Waals surface area (Å²) in [5.74, 6) is 0.894. The van der Waals surface area contributed by atoms with E-state index in [0.29, 0.717) is 28.7 Å². The number of nitrogens with one attached hydrogen (secondary N) is 1. The second kappa shape index (κ2) is 9.38. The highest BCUT2D eigenvalue weighted by Crippen LogP contribution is 2.35. The predicted molar refractivity (Wildman–Crippen MR) is 111 cm³/mol. The van der Waals surface area contributed by atoms with Crippen LogP contribution in [-0.4, -0.2) is 32.2 Å². The highest BCUT2D eigenvalue weighted by Gasteiger charge is 2.13. The zero-order valence-corrected chi connectivity index (χ0v) is 17.1. The van der Waals surface area contributed by atoms with Gasteiger partial charge in [0.1, 0.15) is 11.5 Å². The minimum atomic E-state index is -0.442. The van der Waals surface area contributed by atoms with Crippen LogP contribution in [0.2, 0.25) is 0 Å². The maximum Gasteiger partial charge on any atom is 0.226 e. The smallest absolute Gasteiger partial charge is 0.226 e. The third-order valence-electron chi connectivity index (χ3n) is 4.29. The number of aromatic nitrogens is 1. The van der Waals surface area contributed by atoms with E-state index < -0.39 is 5.82 Å². The van der Waals surface area contributed by atoms with E-state index in [1.54, 1.807) is 38.5 Å². The first-order valence-electron chi connectivity index (χ1n) is 8.84. The number of rotatable bonds is 8. The zero-order valence-electron chi connectivity index (χ0n) is 16.3. The van der Waals surface area contributed by atoms with Gasteiger partial charge in [-0.25, -0.2) is 9.37 Å². The highest BCUT2D eigenvalue weighted by atomic mass is 32.1. The fourth-order valence-electron chi connectivity index (χ4n) is 2.77. The number of ether oxygens (including phenoxy) is 3. The number of anilines is 1. The van der Waals surface area contributed by atoms with Gasteiger partial charge in [0.25, 0.3) is 0 Å². The number of halogens is 1. The van der Waals surface area contributed by atoms with E-state index in [0.717, 1.165) is 11.1 Å². The molecule has 2 aromatic carbocycles. The molecule has 1 aromatic heterocycles. The lowest BCUT2D eigenvalue weighted by atomic mass is 10.1. The van der Waals surface area contributed by atoms with Crippen molar-refractivity contribution in [2.24, 2.45) is 0 Å². The number of hydrogen-bond acceptors (Lipinski definition) is 6. The maximum atomic E-state index is 13.7. The largest absolute Gasteiger partial charge is 0.497 e. The number of hydrogen-bond donors (Lipinski definition) is 1. The molecule has 0 aliphatic carbocycles. The van der Waals surface area contributed by atoms with E-state index in [4.69, 9.17) is 14.2 Å². The number of nitrogens with zero attached hydrogens (tertiary/aromatic N) is 1. The van der Waals surface area contributed by atoms with Gasteiger partial charge in [-0.3, -0.25) is 4.79 Å². The number of thiazole rings is 1. The minimum Gasteiger partial charge on any atom is -0.497 e.